The lowest BCUT2D eigenvalue weighted by Gasteiger charge is -2.40. The summed E-state index contributed by atoms with van der Waals surface area (Å²) in [5.41, 5.74) is 6.51. The monoisotopic (exact) mass is 238 g/mol. The second-order valence-electron chi connectivity index (χ2n) is 5.27. The molecular formula is C13H22N2S. The summed E-state index contributed by atoms with van der Waals surface area (Å²) < 4.78 is 0. The van der Waals surface area contributed by atoms with Gasteiger partial charge in [-0.25, -0.2) is 0 Å². The zero-order chi connectivity index (χ0) is 11.8. The number of nitrogens with zero attached hydrogens (tertiary/aromatic N) is 1. The van der Waals surface area contributed by atoms with Crippen LogP contribution in [0.15, 0.2) is 12.1 Å². The molecule has 2 N–H and O–H groups in total. The maximum absolute atomic E-state index is 6.43. The van der Waals surface area contributed by atoms with E-state index in [1.165, 1.54) is 35.7 Å². The Morgan fingerprint density at radius 2 is 1.94 bits per heavy atom. The molecule has 1 aromatic heterocycles. The molecule has 16 heavy (non-hydrogen) atoms. The average Bonchev–Trinajstić information content (AvgIpc) is 2.86. The van der Waals surface area contributed by atoms with Crippen molar-refractivity contribution in [3.63, 3.8) is 0 Å². The van der Waals surface area contributed by atoms with Gasteiger partial charge >= 0.3 is 0 Å². The average molecular weight is 238 g/mol. The normalized spacial score (nSPS) is 20.2. The summed E-state index contributed by atoms with van der Waals surface area (Å²) in [6, 6.07) is 4.48. The second-order valence-corrected chi connectivity index (χ2v) is 6.59. The third kappa shape index (κ3) is 2.17. The van der Waals surface area contributed by atoms with Gasteiger partial charge in [0.2, 0.25) is 0 Å². The Labute approximate surface area is 102 Å². The summed E-state index contributed by atoms with van der Waals surface area (Å²) in [5, 5.41) is 0. The number of hydrogen-bond acceptors (Lipinski definition) is 3. The van der Waals surface area contributed by atoms with Crippen LogP contribution >= 0.6 is 11.3 Å². The zero-order valence-corrected chi connectivity index (χ0v) is 11.3. The predicted octanol–water partition coefficient (Wildman–Crippen LogP) is 2.93. The molecule has 90 valence electrons. The molecular weight excluding hydrogens is 216 g/mol. The van der Waals surface area contributed by atoms with Gasteiger partial charge in [-0.15, -0.1) is 11.3 Å². The van der Waals surface area contributed by atoms with Crippen LogP contribution in [-0.4, -0.2) is 23.5 Å². The maximum Gasteiger partial charge on any atom is 0.0571 e. The van der Waals surface area contributed by atoms with E-state index in [1.807, 2.05) is 11.3 Å². The molecule has 0 saturated carbocycles. The van der Waals surface area contributed by atoms with Gasteiger partial charge in [0, 0.05) is 15.3 Å². The van der Waals surface area contributed by atoms with Crippen LogP contribution in [0.25, 0.3) is 0 Å². The van der Waals surface area contributed by atoms with E-state index >= 15 is 0 Å². The van der Waals surface area contributed by atoms with E-state index < -0.39 is 0 Å². The Balaban J connectivity index is 2.15. The molecule has 1 fully saturated rings. The Hall–Kier alpha value is -0.380. The molecule has 0 amide bonds. The highest BCUT2D eigenvalue weighted by Gasteiger charge is 2.35. The Bertz CT molecular complexity index is 351. The highest BCUT2D eigenvalue weighted by Crippen LogP contribution is 2.34. The van der Waals surface area contributed by atoms with Gasteiger partial charge < -0.3 is 5.73 Å². The molecule has 1 saturated heterocycles. The molecule has 1 atom stereocenters. The van der Waals surface area contributed by atoms with E-state index in [-0.39, 0.29) is 11.6 Å². The Morgan fingerprint density at radius 3 is 2.44 bits per heavy atom. The molecule has 0 radical (unpaired) electrons. The molecule has 0 spiro atoms. The van der Waals surface area contributed by atoms with Gasteiger partial charge in [-0.05, 0) is 58.8 Å². The standard InChI is InChI=1S/C13H22N2S/c1-10-6-7-11(16-10)12(14)13(2,3)15-8-4-5-9-15/h6-7,12H,4-5,8-9,14H2,1-3H3. The molecule has 1 aliphatic heterocycles. The Kier molecular flexibility index (Phi) is 3.38. The fourth-order valence-electron chi connectivity index (χ4n) is 2.46. The molecule has 0 aromatic carbocycles. The minimum atomic E-state index is 0.0772. The summed E-state index contributed by atoms with van der Waals surface area (Å²) in [6.07, 6.45) is 2.64. The number of thiophene rings is 1. The van der Waals surface area contributed by atoms with Gasteiger partial charge in [-0.1, -0.05) is 0 Å². The molecule has 2 heterocycles. The third-order valence-corrected chi connectivity index (χ3v) is 4.83. The lowest BCUT2D eigenvalue weighted by atomic mass is 9.92. The Morgan fingerprint density at radius 1 is 1.31 bits per heavy atom. The number of likely N-dealkylation sites (tertiary alicyclic amines) is 1. The first-order chi connectivity index (χ1) is 7.51. The third-order valence-electron chi connectivity index (χ3n) is 3.75. The van der Waals surface area contributed by atoms with Crippen LogP contribution in [0, 0.1) is 6.92 Å². The van der Waals surface area contributed by atoms with Gasteiger partial charge in [0.25, 0.3) is 0 Å². The summed E-state index contributed by atoms with van der Waals surface area (Å²) in [4.78, 5) is 5.20. The van der Waals surface area contributed by atoms with E-state index in [2.05, 4.69) is 37.8 Å². The van der Waals surface area contributed by atoms with Crippen molar-refractivity contribution in [3.05, 3.63) is 21.9 Å². The number of hydrogen-bond donors (Lipinski definition) is 1. The molecule has 3 heteroatoms. The van der Waals surface area contributed by atoms with Gasteiger partial charge in [0.15, 0.2) is 0 Å². The van der Waals surface area contributed by atoms with E-state index in [0.717, 1.165) is 0 Å². The van der Waals surface area contributed by atoms with Gasteiger partial charge in [-0.2, -0.15) is 0 Å². The van der Waals surface area contributed by atoms with E-state index in [0.29, 0.717) is 0 Å². The first kappa shape index (κ1) is 12.1. The second kappa shape index (κ2) is 4.47. The smallest absolute Gasteiger partial charge is 0.0571 e. The molecule has 2 rings (SSSR count). The molecule has 1 aliphatic rings. The van der Waals surface area contributed by atoms with Crippen molar-refractivity contribution in [1.29, 1.82) is 0 Å². The molecule has 0 bridgehead atoms. The number of aryl methyl sites for hydroxylation is 1. The summed E-state index contributed by atoms with van der Waals surface area (Å²) in [7, 11) is 0. The minimum absolute atomic E-state index is 0.0772. The highest BCUT2D eigenvalue weighted by atomic mass is 32.1. The van der Waals surface area contributed by atoms with Gasteiger partial charge in [-0.3, -0.25) is 4.90 Å². The first-order valence-corrected chi connectivity index (χ1v) is 6.90. The molecule has 1 unspecified atom stereocenters. The minimum Gasteiger partial charge on any atom is -0.322 e. The van der Waals surface area contributed by atoms with Crippen molar-refractivity contribution in [2.75, 3.05) is 13.1 Å². The van der Waals surface area contributed by atoms with Gasteiger partial charge in [0.05, 0.1) is 6.04 Å². The molecule has 2 nitrogen and oxygen atoms in total. The van der Waals surface area contributed by atoms with Crippen molar-refractivity contribution >= 4 is 11.3 Å². The molecule has 0 aliphatic carbocycles. The fraction of sp³-hybridized carbons (Fsp3) is 0.692. The van der Waals surface area contributed by atoms with Crippen molar-refractivity contribution < 1.29 is 0 Å². The summed E-state index contributed by atoms with van der Waals surface area (Å²) in [6.45, 7) is 9.09. The number of rotatable bonds is 3. The van der Waals surface area contributed by atoms with Crippen molar-refractivity contribution in [2.24, 2.45) is 5.73 Å². The maximum atomic E-state index is 6.43. The zero-order valence-electron chi connectivity index (χ0n) is 10.5. The van der Waals surface area contributed by atoms with E-state index in [4.69, 9.17) is 5.73 Å². The van der Waals surface area contributed by atoms with E-state index in [1.54, 1.807) is 0 Å². The van der Waals surface area contributed by atoms with Crippen LogP contribution < -0.4 is 5.73 Å². The fourth-order valence-corrected chi connectivity index (χ4v) is 3.52. The summed E-state index contributed by atoms with van der Waals surface area (Å²) >= 11 is 1.83. The number of nitrogens with two attached hydrogens (primary N) is 1. The van der Waals surface area contributed by atoms with Crippen molar-refractivity contribution in [3.8, 4) is 0 Å². The van der Waals surface area contributed by atoms with Gasteiger partial charge in [0.1, 0.15) is 0 Å². The van der Waals surface area contributed by atoms with Crippen LogP contribution in [0.4, 0.5) is 0 Å². The van der Waals surface area contributed by atoms with Crippen molar-refractivity contribution in [2.45, 2.75) is 45.2 Å². The van der Waals surface area contributed by atoms with Crippen LogP contribution in [0.2, 0.25) is 0 Å². The largest absolute Gasteiger partial charge is 0.322 e. The van der Waals surface area contributed by atoms with Crippen molar-refractivity contribution in [1.82, 2.24) is 4.90 Å². The topological polar surface area (TPSA) is 29.3 Å². The lowest BCUT2D eigenvalue weighted by Crippen LogP contribution is -2.49. The highest BCUT2D eigenvalue weighted by molar-refractivity contribution is 7.12. The summed E-state index contributed by atoms with van der Waals surface area (Å²) in [5.74, 6) is 0. The SMILES string of the molecule is Cc1ccc(C(N)C(C)(C)N2CCCC2)s1. The van der Waals surface area contributed by atoms with Crippen LogP contribution in [0.3, 0.4) is 0 Å². The quantitative estimate of drug-likeness (QED) is 0.877. The predicted molar refractivity (Wildman–Crippen MR) is 70.9 cm³/mol. The van der Waals surface area contributed by atoms with Crippen LogP contribution in [-0.2, 0) is 0 Å². The lowest BCUT2D eigenvalue weighted by molar-refractivity contribution is 0.125. The molecule has 1 aromatic rings. The van der Waals surface area contributed by atoms with Crippen LogP contribution in [0.1, 0.15) is 42.5 Å². The van der Waals surface area contributed by atoms with Crippen LogP contribution in [0.5, 0.6) is 0 Å². The first-order valence-electron chi connectivity index (χ1n) is 6.09. The van der Waals surface area contributed by atoms with E-state index in [9.17, 15) is 0 Å².